The smallest absolute Gasteiger partial charge is 0.346 e. The Balaban J connectivity index is 2.07. The first-order chi connectivity index (χ1) is 12.1. The predicted molar refractivity (Wildman–Crippen MR) is 92.1 cm³/mol. The van der Waals surface area contributed by atoms with Gasteiger partial charge in [0.2, 0.25) is 10.0 Å². The SMILES string of the molecule is CCOC(=O)CC(=O)Cn1nc(C2CCN(S(C)(=O)=O)CC2)n(C)c1=O. The maximum absolute atomic E-state index is 12.3. The topological polar surface area (TPSA) is 121 Å². The van der Waals surface area contributed by atoms with Crippen molar-refractivity contribution in [2.24, 2.45) is 7.05 Å². The third-order valence-electron chi connectivity index (χ3n) is 4.34. The van der Waals surface area contributed by atoms with Gasteiger partial charge in [0.1, 0.15) is 18.8 Å². The van der Waals surface area contributed by atoms with Crippen LogP contribution in [-0.4, -0.2) is 64.8 Å². The molecule has 11 heteroatoms. The van der Waals surface area contributed by atoms with Crippen molar-refractivity contribution < 1.29 is 22.7 Å². The van der Waals surface area contributed by atoms with E-state index in [4.69, 9.17) is 4.74 Å². The van der Waals surface area contributed by atoms with Crippen molar-refractivity contribution in [3.05, 3.63) is 16.3 Å². The maximum atomic E-state index is 12.3. The molecule has 1 aliphatic heterocycles. The molecule has 146 valence electrons. The van der Waals surface area contributed by atoms with E-state index in [0.29, 0.717) is 31.8 Å². The van der Waals surface area contributed by atoms with Crippen molar-refractivity contribution in [2.45, 2.75) is 38.6 Å². The summed E-state index contributed by atoms with van der Waals surface area (Å²) in [5, 5.41) is 4.24. The van der Waals surface area contributed by atoms with E-state index in [-0.39, 0.29) is 19.1 Å². The van der Waals surface area contributed by atoms with Crippen molar-refractivity contribution in [3.8, 4) is 0 Å². The zero-order chi connectivity index (χ0) is 19.5. The molecule has 26 heavy (non-hydrogen) atoms. The maximum Gasteiger partial charge on any atom is 0.346 e. The third kappa shape index (κ3) is 4.79. The molecular formula is C15H24N4O6S. The largest absolute Gasteiger partial charge is 0.466 e. The Bertz CT molecular complexity index is 833. The Hall–Kier alpha value is -2.01. The van der Waals surface area contributed by atoms with Gasteiger partial charge in [-0.3, -0.25) is 14.2 Å². The van der Waals surface area contributed by atoms with E-state index in [1.807, 2.05) is 0 Å². The summed E-state index contributed by atoms with van der Waals surface area (Å²) in [6, 6.07) is 0. The molecule has 0 bridgehead atoms. The summed E-state index contributed by atoms with van der Waals surface area (Å²) in [7, 11) is -1.66. The average Bonchev–Trinajstić information content (AvgIpc) is 2.82. The molecule has 0 unspecified atom stereocenters. The first-order valence-corrected chi connectivity index (χ1v) is 10.2. The van der Waals surface area contributed by atoms with Crippen LogP contribution < -0.4 is 5.69 Å². The van der Waals surface area contributed by atoms with Gasteiger partial charge in [-0.2, -0.15) is 5.10 Å². The number of sulfonamides is 1. The van der Waals surface area contributed by atoms with Gasteiger partial charge in [0.05, 0.1) is 12.9 Å². The Labute approximate surface area is 151 Å². The van der Waals surface area contributed by atoms with Gasteiger partial charge in [-0.15, -0.1) is 0 Å². The lowest BCUT2D eigenvalue weighted by Gasteiger charge is -2.29. The number of hydrogen-bond acceptors (Lipinski definition) is 7. The summed E-state index contributed by atoms with van der Waals surface area (Å²) in [5.74, 6) is -0.629. The molecule has 1 aromatic heterocycles. The molecule has 0 aliphatic carbocycles. The molecule has 1 fully saturated rings. The van der Waals surface area contributed by atoms with Crippen LogP contribution in [0.3, 0.4) is 0 Å². The summed E-state index contributed by atoms with van der Waals surface area (Å²) in [6.07, 6.45) is 1.87. The minimum absolute atomic E-state index is 0.0629. The number of aromatic nitrogens is 3. The molecule has 0 saturated carbocycles. The summed E-state index contributed by atoms with van der Waals surface area (Å²) in [4.78, 5) is 35.6. The van der Waals surface area contributed by atoms with Crippen molar-refractivity contribution in [1.82, 2.24) is 18.7 Å². The molecule has 0 aromatic carbocycles. The molecule has 0 spiro atoms. The zero-order valence-electron chi connectivity index (χ0n) is 15.2. The number of piperidine rings is 1. The number of ether oxygens (including phenoxy) is 1. The van der Waals surface area contributed by atoms with Crippen LogP contribution >= 0.6 is 0 Å². The van der Waals surface area contributed by atoms with Gasteiger partial charge < -0.3 is 4.74 Å². The quantitative estimate of drug-likeness (QED) is 0.445. The standard InChI is InChI=1S/C15H24N4O6S/c1-4-25-13(21)9-12(20)10-19-15(22)17(2)14(16-19)11-5-7-18(8-6-11)26(3,23)24/h11H,4-10H2,1-3H3. The Morgan fingerprint density at radius 2 is 1.88 bits per heavy atom. The van der Waals surface area contributed by atoms with Crippen LogP contribution in [0, 0.1) is 0 Å². The highest BCUT2D eigenvalue weighted by atomic mass is 32.2. The molecule has 0 radical (unpaired) electrons. The van der Waals surface area contributed by atoms with Crippen LogP contribution in [0.5, 0.6) is 0 Å². The van der Waals surface area contributed by atoms with Gasteiger partial charge in [0.25, 0.3) is 0 Å². The van der Waals surface area contributed by atoms with Crippen LogP contribution in [-0.2, 0) is 37.9 Å². The summed E-state index contributed by atoms with van der Waals surface area (Å²) in [5.41, 5.74) is -0.442. The number of carbonyl (C=O) groups is 2. The fraction of sp³-hybridized carbons (Fsp3) is 0.733. The van der Waals surface area contributed by atoms with E-state index in [0.717, 1.165) is 4.68 Å². The molecule has 1 aliphatic rings. The van der Waals surface area contributed by atoms with Gasteiger partial charge in [0.15, 0.2) is 5.78 Å². The van der Waals surface area contributed by atoms with E-state index in [1.54, 1.807) is 14.0 Å². The molecule has 0 atom stereocenters. The number of carbonyl (C=O) groups excluding carboxylic acids is 2. The molecule has 2 heterocycles. The number of rotatable bonds is 7. The molecule has 0 N–H and O–H groups in total. The lowest BCUT2D eigenvalue weighted by Crippen LogP contribution is -2.37. The van der Waals surface area contributed by atoms with Crippen LogP contribution in [0.25, 0.3) is 0 Å². The third-order valence-corrected chi connectivity index (χ3v) is 5.64. The number of esters is 1. The second-order valence-electron chi connectivity index (χ2n) is 6.31. The van der Waals surface area contributed by atoms with Crippen LogP contribution in [0.2, 0.25) is 0 Å². The normalized spacial score (nSPS) is 16.6. The van der Waals surface area contributed by atoms with Crippen molar-refractivity contribution in [3.63, 3.8) is 0 Å². The second-order valence-corrected chi connectivity index (χ2v) is 8.30. The minimum Gasteiger partial charge on any atom is -0.466 e. The van der Waals surface area contributed by atoms with E-state index < -0.39 is 33.9 Å². The van der Waals surface area contributed by atoms with Crippen LogP contribution in [0.4, 0.5) is 0 Å². The van der Waals surface area contributed by atoms with Crippen molar-refractivity contribution in [2.75, 3.05) is 26.0 Å². The fourth-order valence-electron chi connectivity index (χ4n) is 3.00. The monoisotopic (exact) mass is 388 g/mol. The molecule has 1 aromatic rings. The van der Waals surface area contributed by atoms with E-state index in [1.165, 1.54) is 15.1 Å². The highest BCUT2D eigenvalue weighted by Gasteiger charge is 2.29. The van der Waals surface area contributed by atoms with E-state index >= 15 is 0 Å². The zero-order valence-corrected chi connectivity index (χ0v) is 16.0. The second kappa shape index (κ2) is 8.12. The van der Waals surface area contributed by atoms with Gasteiger partial charge in [-0.1, -0.05) is 0 Å². The first-order valence-electron chi connectivity index (χ1n) is 8.39. The number of nitrogens with zero attached hydrogens (tertiary/aromatic N) is 4. The van der Waals surface area contributed by atoms with Crippen LogP contribution in [0.1, 0.15) is 37.9 Å². The predicted octanol–water partition coefficient (Wildman–Crippen LogP) is -0.757. The molecule has 1 saturated heterocycles. The van der Waals surface area contributed by atoms with E-state index in [2.05, 4.69) is 5.10 Å². The fourth-order valence-corrected chi connectivity index (χ4v) is 3.88. The highest BCUT2D eigenvalue weighted by molar-refractivity contribution is 7.88. The van der Waals surface area contributed by atoms with Gasteiger partial charge in [-0.25, -0.2) is 22.2 Å². The molecule has 10 nitrogen and oxygen atoms in total. The minimum atomic E-state index is -3.23. The molecular weight excluding hydrogens is 364 g/mol. The van der Waals surface area contributed by atoms with Gasteiger partial charge >= 0.3 is 11.7 Å². The Morgan fingerprint density at radius 3 is 2.42 bits per heavy atom. The van der Waals surface area contributed by atoms with Crippen molar-refractivity contribution >= 4 is 21.8 Å². The van der Waals surface area contributed by atoms with Crippen molar-refractivity contribution in [1.29, 1.82) is 0 Å². The number of ketones is 1. The Kier molecular flexibility index (Phi) is 6.34. The summed E-state index contributed by atoms with van der Waals surface area (Å²) in [6.45, 7) is 2.27. The highest BCUT2D eigenvalue weighted by Crippen LogP contribution is 2.26. The van der Waals surface area contributed by atoms with Crippen LogP contribution in [0.15, 0.2) is 4.79 Å². The van der Waals surface area contributed by atoms with Gasteiger partial charge in [0, 0.05) is 26.1 Å². The summed E-state index contributed by atoms with van der Waals surface area (Å²) < 4.78 is 31.7. The number of hydrogen-bond donors (Lipinski definition) is 0. The lowest BCUT2D eigenvalue weighted by molar-refractivity contribution is -0.145. The number of Topliss-reactive ketones (excluding diaryl/α,β-unsaturated/α-hetero) is 1. The summed E-state index contributed by atoms with van der Waals surface area (Å²) >= 11 is 0. The molecule has 0 amide bonds. The van der Waals surface area contributed by atoms with E-state index in [9.17, 15) is 22.8 Å². The molecule has 2 rings (SSSR count). The first kappa shape index (κ1) is 20.3. The van der Waals surface area contributed by atoms with Gasteiger partial charge in [-0.05, 0) is 19.8 Å². The Morgan fingerprint density at radius 1 is 1.27 bits per heavy atom. The average molecular weight is 388 g/mol. The lowest BCUT2D eigenvalue weighted by atomic mass is 9.97.